The number of aromatic nitrogens is 2. The first-order valence-corrected chi connectivity index (χ1v) is 6.93. The van der Waals surface area contributed by atoms with E-state index in [1.165, 1.54) is 25.9 Å². The number of para-hydroxylation sites is 2. The highest BCUT2D eigenvalue weighted by atomic mass is 15.2. The molecule has 1 atom stereocenters. The fourth-order valence-electron chi connectivity index (χ4n) is 2.76. The van der Waals surface area contributed by atoms with E-state index in [9.17, 15) is 0 Å². The van der Waals surface area contributed by atoms with Crippen LogP contribution in [0.2, 0.25) is 0 Å². The first-order valence-electron chi connectivity index (χ1n) is 6.93. The van der Waals surface area contributed by atoms with Gasteiger partial charge in [0.25, 0.3) is 0 Å². The first kappa shape index (κ1) is 11.7. The van der Waals surface area contributed by atoms with Crippen molar-refractivity contribution in [3.05, 3.63) is 30.1 Å². The molecule has 96 valence electrons. The van der Waals surface area contributed by atoms with Crippen LogP contribution in [0.25, 0.3) is 11.0 Å². The average Bonchev–Trinajstić information content (AvgIpc) is 2.82. The third-order valence-electron chi connectivity index (χ3n) is 4.17. The second-order valence-electron chi connectivity index (χ2n) is 5.53. The second-order valence-corrected chi connectivity index (χ2v) is 5.53. The topological polar surface area (TPSA) is 31.9 Å². The van der Waals surface area contributed by atoms with Gasteiger partial charge in [0, 0.05) is 0 Å². The minimum atomic E-state index is 0.393. The highest BCUT2D eigenvalue weighted by molar-refractivity contribution is 5.74. The summed E-state index contributed by atoms with van der Waals surface area (Å²) in [5.74, 6) is 1.98. The second kappa shape index (κ2) is 4.73. The van der Waals surface area contributed by atoms with Gasteiger partial charge in [-0.25, -0.2) is 4.98 Å². The quantitative estimate of drug-likeness (QED) is 0.877. The summed E-state index contributed by atoms with van der Waals surface area (Å²) in [4.78, 5) is 10.7. The summed E-state index contributed by atoms with van der Waals surface area (Å²) in [5.41, 5.74) is 2.22. The third-order valence-corrected chi connectivity index (χ3v) is 4.17. The van der Waals surface area contributed by atoms with Crippen molar-refractivity contribution in [1.82, 2.24) is 14.9 Å². The lowest BCUT2D eigenvalue weighted by Gasteiger charge is -2.33. The van der Waals surface area contributed by atoms with Gasteiger partial charge in [0.15, 0.2) is 0 Å². The molecule has 18 heavy (non-hydrogen) atoms. The van der Waals surface area contributed by atoms with E-state index in [0.29, 0.717) is 6.04 Å². The molecule has 1 unspecified atom stereocenters. The van der Waals surface area contributed by atoms with Crippen molar-refractivity contribution in [2.45, 2.75) is 32.7 Å². The Labute approximate surface area is 108 Å². The lowest BCUT2D eigenvalue weighted by Crippen LogP contribution is -2.35. The smallest absolute Gasteiger partial charge is 0.124 e. The van der Waals surface area contributed by atoms with Gasteiger partial charge in [-0.1, -0.05) is 19.1 Å². The Morgan fingerprint density at radius 1 is 1.28 bits per heavy atom. The maximum absolute atomic E-state index is 4.71. The van der Waals surface area contributed by atoms with Gasteiger partial charge >= 0.3 is 0 Å². The van der Waals surface area contributed by atoms with Gasteiger partial charge in [-0.2, -0.15) is 0 Å². The zero-order chi connectivity index (χ0) is 12.5. The Hall–Kier alpha value is -1.35. The van der Waals surface area contributed by atoms with Gasteiger partial charge in [0.05, 0.1) is 17.1 Å². The SMILES string of the molecule is CC1CCN(C(C)c2nc3ccccc3[nH]2)CC1. The number of H-pyrrole nitrogens is 1. The number of hydrogen-bond acceptors (Lipinski definition) is 2. The van der Waals surface area contributed by atoms with Crippen LogP contribution in [0.3, 0.4) is 0 Å². The molecule has 2 heterocycles. The van der Waals surface area contributed by atoms with E-state index < -0.39 is 0 Å². The molecule has 0 saturated carbocycles. The molecule has 1 aromatic heterocycles. The molecule has 0 radical (unpaired) electrons. The molecule has 1 aromatic carbocycles. The van der Waals surface area contributed by atoms with E-state index in [-0.39, 0.29) is 0 Å². The van der Waals surface area contributed by atoms with E-state index in [1.807, 2.05) is 6.07 Å². The summed E-state index contributed by atoms with van der Waals surface area (Å²) in [6, 6.07) is 8.65. The minimum absolute atomic E-state index is 0.393. The molecule has 3 nitrogen and oxygen atoms in total. The molecule has 1 saturated heterocycles. The Morgan fingerprint density at radius 3 is 2.72 bits per heavy atom. The van der Waals surface area contributed by atoms with Crippen LogP contribution in [0.15, 0.2) is 24.3 Å². The number of nitrogens with zero attached hydrogens (tertiary/aromatic N) is 2. The summed E-state index contributed by atoms with van der Waals surface area (Å²) in [7, 11) is 0. The molecular formula is C15H21N3. The van der Waals surface area contributed by atoms with Crippen molar-refractivity contribution in [1.29, 1.82) is 0 Å². The van der Waals surface area contributed by atoms with E-state index >= 15 is 0 Å². The summed E-state index contributed by atoms with van der Waals surface area (Å²) in [6.45, 7) is 7.00. The summed E-state index contributed by atoms with van der Waals surface area (Å²) < 4.78 is 0. The van der Waals surface area contributed by atoms with E-state index in [4.69, 9.17) is 4.98 Å². The van der Waals surface area contributed by atoms with Crippen LogP contribution in [0.5, 0.6) is 0 Å². The van der Waals surface area contributed by atoms with Crippen LogP contribution in [-0.2, 0) is 0 Å². The predicted molar refractivity (Wildman–Crippen MR) is 74.5 cm³/mol. The molecule has 0 amide bonds. The molecular weight excluding hydrogens is 222 g/mol. The normalized spacial score (nSPS) is 20.3. The number of likely N-dealkylation sites (tertiary alicyclic amines) is 1. The molecule has 3 heteroatoms. The molecule has 1 aliphatic heterocycles. The molecule has 3 rings (SSSR count). The van der Waals surface area contributed by atoms with Gasteiger partial charge in [-0.3, -0.25) is 4.90 Å². The third kappa shape index (κ3) is 2.15. The molecule has 0 bridgehead atoms. The van der Waals surface area contributed by atoms with Gasteiger partial charge < -0.3 is 4.98 Å². The number of aromatic amines is 1. The average molecular weight is 243 g/mol. The predicted octanol–water partition coefficient (Wildman–Crippen LogP) is 3.36. The van der Waals surface area contributed by atoms with Crippen LogP contribution in [0.4, 0.5) is 0 Å². The van der Waals surface area contributed by atoms with Crippen molar-refractivity contribution in [3.63, 3.8) is 0 Å². The van der Waals surface area contributed by atoms with E-state index in [1.54, 1.807) is 0 Å². The number of benzene rings is 1. The maximum atomic E-state index is 4.71. The number of imidazole rings is 1. The van der Waals surface area contributed by atoms with Crippen LogP contribution in [-0.4, -0.2) is 28.0 Å². The summed E-state index contributed by atoms with van der Waals surface area (Å²) in [6.07, 6.45) is 2.62. The lowest BCUT2D eigenvalue weighted by molar-refractivity contribution is 0.143. The number of fused-ring (bicyclic) bond motifs is 1. The van der Waals surface area contributed by atoms with Gasteiger partial charge in [0.2, 0.25) is 0 Å². The molecule has 1 aliphatic rings. The van der Waals surface area contributed by atoms with Crippen LogP contribution < -0.4 is 0 Å². The largest absolute Gasteiger partial charge is 0.341 e. The summed E-state index contributed by atoms with van der Waals surface area (Å²) in [5, 5.41) is 0. The van der Waals surface area contributed by atoms with Crippen molar-refractivity contribution < 1.29 is 0 Å². The standard InChI is InChI=1S/C15H21N3/c1-11-7-9-18(10-8-11)12(2)15-16-13-5-3-4-6-14(13)17-15/h3-6,11-12H,7-10H2,1-2H3,(H,16,17). The van der Waals surface area contributed by atoms with Gasteiger partial charge in [-0.05, 0) is 50.9 Å². The van der Waals surface area contributed by atoms with Gasteiger partial charge in [-0.15, -0.1) is 0 Å². The Balaban J connectivity index is 1.81. The Morgan fingerprint density at radius 2 is 2.00 bits per heavy atom. The number of nitrogens with one attached hydrogen (secondary N) is 1. The maximum Gasteiger partial charge on any atom is 0.124 e. The van der Waals surface area contributed by atoms with Crippen LogP contribution >= 0.6 is 0 Å². The van der Waals surface area contributed by atoms with Crippen molar-refractivity contribution in [2.75, 3.05) is 13.1 Å². The monoisotopic (exact) mass is 243 g/mol. The molecule has 1 N–H and O–H groups in total. The highest BCUT2D eigenvalue weighted by Gasteiger charge is 2.23. The minimum Gasteiger partial charge on any atom is -0.341 e. The van der Waals surface area contributed by atoms with Crippen molar-refractivity contribution >= 4 is 11.0 Å². The molecule has 1 fully saturated rings. The highest BCUT2D eigenvalue weighted by Crippen LogP contribution is 2.26. The van der Waals surface area contributed by atoms with Gasteiger partial charge in [0.1, 0.15) is 5.82 Å². The number of hydrogen-bond donors (Lipinski definition) is 1. The first-order chi connectivity index (χ1) is 8.74. The lowest BCUT2D eigenvalue weighted by atomic mass is 9.98. The zero-order valence-corrected chi connectivity index (χ0v) is 11.2. The van der Waals surface area contributed by atoms with Crippen molar-refractivity contribution in [2.24, 2.45) is 5.92 Å². The number of piperidine rings is 1. The van der Waals surface area contributed by atoms with E-state index in [2.05, 4.69) is 41.9 Å². The molecule has 0 spiro atoms. The molecule has 0 aliphatic carbocycles. The molecule has 2 aromatic rings. The van der Waals surface area contributed by atoms with Crippen molar-refractivity contribution in [3.8, 4) is 0 Å². The number of rotatable bonds is 2. The fourth-order valence-corrected chi connectivity index (χ4v) is 2.76. The van der Waals surface area contributed by atoms with Crippen LogP contribution in [0, 0.1) is 5.92 Å². The Bertz CT molecular complexity index is 490. The summed E-state index contributed by atoms with van der Waals surface area (Å²) >= 11 is 0. The van der Waals surface area contributed by atoms with Crippen LogP contribution in [0.1, 0.15) is 38.6 Å². The fraction of sp³-hybridized carbons (Fsp3) is 0.533. The van der Waals surface area contributed by atoms with E-state index in [0.717, 1.165) is 22.8 Å². The zero-order valence-electron chi connectivity index (χ0n) is 11.2. The Kier molecular flexibility index (Phi) is 3.08.